The second kappa shape index (κ2) is 6.75. The molecule has 0 aliphatic carbocycles. The highest BCUT2D eigenvalue weighted by molar-refractivity contribution is 7.99. The molecule has 0 spiro atoms. The van der Waals surface area contributed by atoms with Gasteiger partial charge >= 0.3 is 0 Å². The summed E-state index contributed by atoms with van der Waals surface area (Å²) in [5, 5.41) is 20.9. The number of fused-ring (bicyclic) bond motifs is 1. The Labute approximate surface area is 150 Å². The third-order valence-corrected chi connectivity index (χ3v) is 4.52. The summed E-state index contributed by atoms with van der Waals surface area (Å²) in [6, 6.07) is 6.99. The molecule has 8 nitrogen and oxygen atoms in total. The molecular formula is C15H12F2N8S. The Kier molecular flexibility index (Phi) is 4.29. The van der Waals surface area contributed by atoms with Crippen molar-refractivity contribution in [2.45, 2.75) is 30.1 Å². The lowest BCUT2D eigenvalue weighted by molar-refractivity contribution is 0.137. The molecule has 0 unspecified atom stereocenters. The van der Waals surface area contributed by atoms with Gasteiger partial charge in [0.25, 0.3) is 6.43 Å². The van der Waals surface area contributed by atoms with Crippen LogP contribution < -0.4 is 0 Å². The molecule has 26 heavy (non-hydrogen) atoms. The van der Waals surface area contributed by atoms with E-state index in [9.17, 15) is 8.78 Å². The fourth-order valence-electron chi connectivity index (χ4n) is 2.43. The van der Waals surface area contributed by atoms with Gasteiger partial charge in [-0.15, -0.1) is 20.4 Å². The minimum absolute atomic E-state index is 0.262. The first-order valence-electron chi connectivity index (χ1n) is 7.69. The molecule has 0 saturated heterocycles. The highest BCUT2D eigenvalue weighted by atomic mass is 32.2. The molecule has 132 valence electrons. The van der Waals surface area contributed by atoms with Crippen LogP contribution in [0.2, 0.25) is 0 Å². The second-order valence-corrected chi connectivity index (χ2v) is 6.18. The van der Waals surface area contributed by atoms with Crippen molar-refractivity contribution in [3.8, 4) is 11.4 Å². The zero-order valence-corrected chi connectivity index (χ0v) is 14.3. The van der Waals surface area contributed by atoms with Crippen LogP contribution in [0.25, 0.3) is 17.0 Å². The topological polar surface area (TPSA) is 86.7 Å². The molecule has 4 heterocycles. The van der Waals surface area contributed by atoms with Gasteiger partial charge in [0.2, 0.25) is 5.82 Å². The number of halogens is 2. The maximum Gasteiger partial charge on any atom is 0.299 e. The van der Waals surface area contributed by atoms with Crippen molar-refractivity contribution >= 4 is 17.4 Å². The van der Waals surface area contributed by atoms with E-state index >= 15 is 0 Å². The Balaban J connectivity index is 1.70. The fraction of sp³-hybridized carbons (Fsp3) is 0.200. The van der Waals surface area contributed by atoms with Crippen LogP contribution in [0.3, 0.4) is 0 Å². The molecule has 4 aromatic heterocycles. The van der Waals surface area contributed by atoms with Crippen LogP contribution in [0.1, 0.15) is 19.2 Å². The Morgan fingerprint density at radius 3 is 2.73 bits per heavy atom. The van der Waals surface area contributed by atoms with Crippen LogP contribution in [-0.2, 0) is 6.54 Å². The Bertz CT molecular complexity index is 1050. The maximum atomic E-state index is 13.0. The number of hydrogen-bond acceptors (Lipinski definition) is 7. The van der Waals surface area contributed by atoms with Crippen LogP contribution in [0.5, 0.6) is 0 Å². The van der Waals surface area contributed by atoms with E-state index in [1.807, 2.05) is 23.6 Å². The molecule has 0 amide bonds. The summed E-state index contributed by atoms with van der Waals surface area (Å²) in [6.07, 6.45) is 0.639. The third-order valence-electron chi connectivity index (χ3n) is 3.61. The summed E-state index contributed by atoms with van der Waals surface area (Å²) >= 11 is 1.23. The molecule has 0 aliphatic heterocycles. The zero-order chi connectivity index (χ0) is 18.1. The number of aromatic nitrogens is 8. The normalized spacial score (nSPS) is 11.5. The molecular weight excluding hydrogens is 362 g/mol. The van der Waals surface area contributed by atoms with Crippen molar-refractivity contribution < 1.29 is 8.78 Å². The van der Waals surface area contributed by atoms with Gasteiger partial charge in [0, 0.05) is 24.5 Å². The quantitative estimate of drug-likeness (QED) is 0.531. The predicted octanol–water partition coefficient (Wildman–Crippen LogP) is 2.89. The van der Waals surface area contributed by atoms with Crippen molar-refractivity contribution in [1.82, 2.24) is 39.6 Å². The maximum absolute atomic E-state index is 13.0. The van der Waals surface area contributed by atoms with E-state index < -0.39 is 12.2 Å². The summed E-state index contributed by atoms with van der Waals surface area (Å²) < 4.78 is 28.9. The van der Waals surface area contributed by atoms with Crippen molar-refractivity contribution in [3.63, 3.8) is 0 Å². The summed E-state index contributed by atoms with van der Waals surface area (Å²) in [5.74, 6) is 0.192. The van der Waals surface area contributed by atoms with Gasteiger partial charge in [-0.1, -0.05) is 0 Å². The number of hydrogen-bond donors (Lipinski definition) is 0. The van der Waals surface area contributed by atoms with Gasteiger partial charge in [-0.05, 0) is 43.0 Å². The number of pyridine rings is 1. The molecule has 11 heteroatoms. The van der Waals surface area contributed by atoms with E-state index in [0.717, 1.165) is 10.1 Å². The average Bonchev–Trinajstić information content (AvgIpc) is 3.26. The predicted molar refractivity (Wildman–Crippen MR) is 88.8 cm³/mol. The van der Waals surface area contributed by atoms with E-state index in [0.29, 0.717) is 22.6 Å². The van der Waals surface area contributed by atoms with Gasteiger partial charge in [0.05, 0.1) is 0 Å². The average molecular weight is 374 g/mol. The lowest BCUT2D eigenvalue weighted by Crippen LogP contribution is -2.02. The lowest BCUT2D eigenvalue weighted by Gasteiger charge is -2.07. The number of rotatable bonds is 5. The van der Waals surface area contributed by atoms with E-state index in [1.165, 1.54) is 11.8 Å². The largest absolute Gasteiger partial charge is 0.302 e. The van der Waals surface area contributed by atoms with Crippen molar-refractivity contribution in [2.24, 2.45) is 0 Å². The second-order valence-electron chi connectivity index (χ2n) is 5.19. The SMILES string of the molecule is CCn1c(Sc2ccc3nnc(C(F)F)n3n2)nnc1-c1cccnc1. The molecule has 0 atom stereocenters. The highest BCUT2D eigenvalue weighted by Gasteiger charge is 2.19. The minimum Gasteiger partial charge on any atom is -0.302 e. The molecule has 0 N–H and O–H groups in total. The van der Waals surface area contributed by atoms with Crippen LogP contribution >= 0.6 is 11.8 Å². The standard InChI is InChI=1S/C15H12F2N8S/c1-2-24-13(9-4-3-7-18-8-9)20-22-15(24)26-11-6-5-10-19-21-14(12(16)17)25(10)23-11/h3-8,12H,2H2,1H3. The lowest BCUT2D eigenvalue weighted by atomic mass is 10.3. The molecule has 0 saturated carbocycles. The van der Waals surface area contributed by atoms with Crippen molar-refractivity contribution in [2.75, 3.05) is 0 Å². The van der Waals surface area contributed by atoms with Gasteiger partial charge in [-0.3, -0.25) is 4.98 Å². The first-order valence-corrected chi connectivity index (χ1v) is 8.51. The summed E-state index contributed by atoms with van der Waals surface area (Å²) in [6.45, 7) is 2.61. The van der Waals surface area contributed by atoms with Crippen molar-refractivity contribution in [3.05, 3.63) is 42.5 Å². The first-order chi connectivity index (χ1) is 12.7. The summed E-state index contributed by atoms with van der Waals surface area (Å²) in [4.78, 5) is 4.10. The van der Waals surface area contributed by atoms with E-state index in [4.69, 9.17) is 0 Å². The summed E-state index contributed by atoms with van der Waals surface area (Å²) in [5.41, 5.74) is 1.11. The van der Waals surface area contributed by atoms with Crippen LogP contribution in [0.15, 0.2) is 46.8 Å². The van der Waals surface area contributed by atoms with Gasteiger partial charge in [-0.25, -0.2) is 8.78 Å². The molecule has 0 bridgehead atoms. The molecule has 0 radical (unpaired) electrons. The highest BCUT2D eigenvalue weighted by Crippen LogP contribution is 2.28. The van der Waals surface area contributed by atoms with E-state index in [1.54, 1.807) is 24.5 Å². The number of alkyl halides is 2. The minimum atomic E-state index is -2.76. The zero-order valence-electron chi connectivity index (χ0n) is 13.5. The van der Waals surface area contributed by atoms with Gasteiger partial charge in [0.1, 0.15) is 5.03 Å². The Morgan fingerprint density at radius 2 is 2.00 bits per heavy atom. The van der Waals surface area contributed by atoms with Crippen molar-refractivity contribution in [1.29, 1.82) is 0 Å². The smallest absolute Gasteiger partial charge is 0.299 e. The Morgan fingerprint density at radius 1 is 1.12 bits per heavy atom. The molecule has 0 aliphatic rings. The fourth-order valence-corrected chi connectivity index (χ4v) is 3.28. The molecule has 0 aromatic carbocycles. The van der Waals surface area contributed by atoms with E-state index in [-0.39, 0.29) is 5.65 Å². The van der Waals surface area contributed by atoms with Crippen LogP contribution in [-0.4, -0.2) is 39.6 Å². The van der Waals surface area contributed by atoms with Gasteiger partial charge in [-0.2, -0.15) is 9.61 Å². The van der Waals surface area contributed by atoms with Crippen LogP contribution in [0.4, 0.5) is 8.78 Å². The molecule has 4 rings (SSSR count). The molecule has 4 aromatic rings. The third kappa shape index (κ3) is 2.90. The monoisotopic (exact) mass is 374 g/mol. The molecule has 0 fully saturated rings. The van der Waals surface area contributed by atoms with Gasteiger partial charge in [0.15, 0.2) is 16.6 Å². The number of nitrogens with zero attached hydrogens (tertiary/aromatic N) is 8. The first kappa shape index (κ1) is 16.5. The van der Waals surface area contributed by atoms with Crippen LogP contribution in [0, 0.1) is 0 Å². The Hall–Kier alpha value is -2.95. The summed E-state index contributed by atoms with van der Waals surface area (Å²) in [7, 11) is 0. The van der Waals surface area contributed by atoms with Gasteiger partial charge < -0.3 is 4.57 Å². The van der Waals surface area contributed by atoms with E-state index in [2.05, 4.69) is 30.5 Å².